The van der Waals surface area contributed by atoms with E-state index in [0.29, 0.717) is 23.1 Å². The molecular weight excluding hydrogens is 550 g/mol. The molecule has 10 nitrogen and oxygen atoms in total. The molecule has 0 bridgehead atoms. The number of nitrogens with one attached hydrogen (secondary N) is 4. The Bertz CT molecular complexity index is 1450. The molecule has 1 aromatic carbocycles. The number of carbonyl (C=O) groups is 2. The Morgan fingerprint density at radius 3 is 2.55 bits per heavy atom. The standard InChI is InChI=1S/C31H39N7O3S/c1-19-14-21(6-7-22(19)16-35-27(39)26-18-36-29(42-26)31(2,3)4)25-12-13-33-30(38-25)37-24(15-32)17-34-23-10-8-20(9-11-23)28(40)41-5/h6-7,12-15,17-18,20,23,32,34H,8-11,16H2,1-5H3,(H,35,39)(H,33,37,38)/b24-17+,32-15?. The number of thiazole rings is 1. The van der Waals surface area contributed by atoms with Crippen LogP contribution in [0.25, 0.3) is 11.3 Å². The maximum absolute atomic E-state index is 12.7. The molecule has 0 unspecified atom stereocenters. The summed E-state index contributed by atoms with van der Waals surface area (Å²) in [5.41, 5.74) is 4.15. The van der Waals surface area contributed by atoms with Gasteiger partial charge in [-0.3, -0.25) is 9.59 Å². The van der Waals surface area contributed by atoms with E-state index in [2.05, 4.69) is 51.7 Å². The fourth-order valence-electron chi connectivity index (χ4n) is 4.73. The molecule has 1 fully saturated rings. The lowest BCUT2D eigenvalue weighted by Crippen LogP contribution is -2.33. The van der Waals surface area contributed by atoms with Gasteiger partial charge < -0.3 is 26.1 Å². The topological polar surface area (TPSA) is 142 Å². The molecule has 0 saturated heterocycles. The molecule has 222 valence electrons. The SMILES string of the molecule is COC(=O)C1CCC(N/C=C(\C=N)Nc2nccc(-c3ccc(CNC(=O)c4cnc(C(C)(C)C)s4)c(C)c3)n2)CC1. The second-order valence-electron chi connectivity index (χ2n) is 11.5. The van der Waals surface area contributed by atoms with E-state index >= 15 is 0 Å². The molecule has 0 radical (unpaired) electrons. The molecule has 1 aliphatic carbocycles. The first-order valence-electron chi connectivity index (χ1n) is 14.1. The van der Waals surface area contributed by atoms with Crippen molar-refractivity contribution in [3.05, 3.63) is 69.6 Å². The van der Waals surface area contributed by atoms with Gasteiger partial charge in [-0.15, -0.1) is 11.3 Å². The number of benzene rings is 1. The molecular formula is C31H39N7O3S. The van der Waals surface area contributed by atoms with Crippen LogP contribution >= 0.6 is 11.3 Å². The van der Waals surface area contributed by atoms with Crippen LogP contribution in [0, 0.1) is 18.3 Å². The van der Waals surface area contributed by atoms with Gasteiger partial charge in [-0.25, -0.2) is 15.0 Å². The van der Waals surface area contributed by atoms with Crippen molar-refractivity contribution in [3.8, 4) is 11.3 Å². The lowest BCUT2D eigenvalue weighted by molar-refractivity contribution is -0.146. The van der Waals surface area contributed by atoms with Crippen LogP contribution in [0.1, 0.15) is 72.3 Å². The van der Waals surface area contributed by atoms with Gasteiger partial charge in [0.15, 0.2) is 0 Å². The molecule has 42 heavy (non-hydrogen) atoms. The third-order valence-electron chi connectivity index (χ3n) is 7.25. The molecule has 0 spiro atoms. The first-order valence-corrected chi connectivity index (χ1v) is 14.9. The Labute approximate surface area is 250 Å². The van der Waals surface area contributed by atoms with Crippen LogP contribution in [-0.2, 0) is 21.5 Å². The number of carbonyl (C=O) groups excluding carboxylic acids is 2. The molecule has 0 aliphatic heterocycles. The van der Waals surface area contributed by atoms with Crippen molar-refractivity contribution in [2.45, 2.75) is 71.4 Å². The summed E-state index contributed by atoms with van der Waals surface area (Å²) in [7, 11) is 1.43. The van der Waals surface area contributed by atoms with Crippen LogP contribution in [0.4, 0.5) is 5.95 Å². The molecule has 2 heterocycles. The van der Waals surface area contributed by atoms with Crippen molar-refractivity contribution in [1.82, 2.24) is 25.6 Å². The zero-order valence-corrected chi connectivity index (χ0v) is 25.6. The Morgan fingerprint density at radius 1 is 1.14 bits per heavy atom. The summed E-state index contributed by atoms with van der Waals surface area (Å²) >= 11 is 1.43. The van der Waals surface area contributed by atoms with E-state index in [1.54, 1.807) is 18.6 Å². The van der Waals surface area contributed by atoms with Crippen molar-refractivity contribution < 1.29 is 14.3 Å². The van der Waals surface area contributed by atoms with E-state index in [4.69, 9.17) is 10.1 Å². The summed E-state index contributed by atoms with van der Waals surface area (Å²) in [6.07, 6.45) is 9.58. The predicted molar refractivity (Wildman–Crippen MR) is 166 cm³/mol. The van der Waals surface area contributed by atoms with E-state index in [1.807, 2.05) is 31.2 Å². The monoisotopic (exact) mass is 589 g/mol. The van der Waals surface area contributed by atoms with Crippen molar-refractivity contribution in [2.75, 3.05) is 12.4 Å². The van der Waals surface area contributed by atoms with Crippen LogP contribution in [0.15, 0.2) is 48.6 Å². The zero-order chi connectivity index (χ0) is 30.3. The molecule has 0 atom stereocenters. The van der Waals surface area contributed by atoms with E-state index in [9.17, 15) is 9.59 Å². The van der Waals surface area contributed by atoms with Gasteiger partial charge in [0, 0.05) is 42.2 Å². The number of nitrogens with zero attached hydrogens (tertiary/aromatic N) is 3. The quantitative estimate of drug-likeness (QED) is 0.183. The second-order valence-corrected chi connectivity index (χ2v) is 12.5. The fourth-order valence-corrected chi connectivity index (χ4v) is 5.62. The van der Waals surface area contributed by atoms with Crippen molar-refractivity contribution in [1.29, 1.82) is 5.41 Å². The first kappa shape index (κ1) is 30.8. The number of anilines is 1. The van der Waals surface area contributed by atoms with E-state index < -0.39 is 0 Å². The fraction of sp³-hybridized carbons (Fsp3) is 0.419. The maximum Gasteiger partial charge on any atom is 0.308 e. The van der Waals surface area contributed by atoms with Crippen molar-refractivity contribution in [3.63, 3.8) is 0 Å². The highest BCUT2D eigenvalue weighted by Gasteiger charge is 2.26. The minimum Gasteiger partial charge on any atom is -0.469 e. The van der Waals surface area contributed by atoms with Crippen molar-refractivity contribution >= 4 is 35.4 Å². The lowest BCUT2D eigenvalue weighted by atomic mass is 9.86. The highest BCUT2D eigenvalue weighted by Crippen LogP contribution is 2.27. The number of ether oxygens (including phenoxy) is 1. The van der Waals surface area contributed by atoms with Gasteiger partial charge in [0.25, 0.3) is 5.91 Å². The summed E-state index contributed by atoms with van der Waals surface area (Å²) < 4.78 is 4.86. The lowest BCUT2D eigenvalue weighted by Gasteiger charge is -2.27. The van der Waals surface area contributed by atoms with E-state index in [1.165, 1.54) is 24.7 Å². The molecule has 4 rings (SSSR count). The van der Waals surface area contributed by atoms with Crippen LogP contribution < -0.4 is 16.0 Å². The van der Waals surface area contributed by atoms with Crippen molar-refractivity contribution in [2.24, 2.45) is 5.92 Å². The predicted octanol–water partition coefficient (Wildman–Crippen LogP) is 5.36. The van der Waals surface area contributed by atoms with Crippen LogP contribution in [0.5, 0.6) is 0 Å². The van der Waals surface area contributed by atoms with Crippen LogP contribution in [0.3, 0.4) is 0 Å². The van der Waals surface area contributed by atoms with Gasteiger partial charge in [-0.1, -0.05) is 32.9 Å². The third kappa shape index (κ3) is 8.00. The largest absolute Gasteiger partial charge is 0.469 e. The number of hydrogen-bond acceptors (Lipinski definition) is 10. The van der Waals surface area contributed by atoms with Gasteiger partial charge in [0.1, 0.15) is 4.88 Å². The Hall–Kier alpha value is -4.12. The Balaban J connectivity index is 1.35. The number of rotatable bonds is 10. The average molecular weight is 590 g/mol. The summed E-state index contributed by atoms with van der Waals surface area (Å²) in [5.74, 6) is 0.0832. The summed E-state index contributed by atoms with van der Waals surface area (Å²) in [6, 6.07) is 8.07. The molecule has 4 N–H and O–H groups in total. The minimum atomic E-state index is -0.138. The summed E-state index contributed by atoms with van der Waals surface area (Å²) in [6.45, 7) is 8.67. The van der Waals surface area contributed by atoms with Gasteiger partial charge >= 0.3 is 5.97 Å². The van der Waals surface area contributed by atoms with E-state index in [-0.39, 0.29) is 29.3 Å². The smallest absolute Gasteiger partial charge is 0.308 e. The van der Waals surface area contributed by atoms with Crippen LogP contribution in [-0.4, -0.2) is 46.2 Å². The molecule has 1 amide bonds. The Kier molecular flexibility index (Phi) is 10.1. The van der Waals surface area contributed by atoms with Gasteiger partial charge in [-0.05, 0) is 55.9 Å². The molecule has 2 aromatic heterocycles. The second kappa shape index (κ2) is 13.7. The highest BCUT2D eigenvalue weighted by atomic mass is 32.1. The number of esters is 1. The number of allylic oxidation sites excluding steroid dienone is 1. The molecule has 3 aromatic rings. The molecule has 1 aliphatic rings. The average Bonchev–Trinajstić information content (AvgIpc) is 3.50. The molecule has 1 saturated carbocycles. The zero-order valence-electron chi connectivity index (χ0n) is 24.8. The van der Waals surface area contributed by atoms with Gasteiger partial charge in [0.05, 0.1) is 35.6 Å². The number of amides is 1. The summed E-state index contributed by atoms with van der Waals surface area (Å²) in [4.78, 5) is 38.4. The number of aryl methyl sites for hydroxylation is 1. The normalized spacial score (nSPS) is 17.3. The van der Waals surface area contributed by atoms with E-state index in [0.717, 1.165) is 53.1 Å². The summed E-state index contributed by atoms with van der Waals surface area (Å²) in [5, 5.41) is 18.2. The maximum atomic E-state index is 12.7. The van der Waals surface area contributed by atoms with Gasteiger partial charge in [0.2, 0.25) is 5.95 Å². The Morgan fingerprint density at radius 2 is 1.90 bits per heavy atom. The molecule has 11 heteroatoms. The highest BCUT2D eigenvalue weighted by molar-refractivity contribution is 7.13. The number of hydrogen-bond donors (Lipinski definition) is 4. The van der Waals surface area contributed by atoms with Crippen LogP contribution in [0.2, 0.25) is 0 Å². The van der Waals surface area contributed by atoms with Gasteiger partial charge in [-0.2, -0.15) is 0 Å². The third-order valence-corrected chi connectivity index (χ3v) is 8.67. The number of methoxy groups -OCH3 is 1. The first-order chi connectivity index (χ1) is 20.1. The minimum absolute atomic E-state index is 0.0318. The number of aromatic nitrogens is 3.